The van der Waals surface area contributed by atoms with E-state index in [1.54, 1.807) is 0 Å². The Morgan fingerprint density at radius 3 is 1.53 bits per heavy atom. The third-order valence-corrected chi connectivity index (χ3v) is 6.94. The van der Waals surface area contributed by atoms with Crippen LogP contribution in [0.15, 0.2) is 24.8 Å². The predicted molar refractivity (Wildman–Crippen MR) is 153 cm³/mol. The van der Waals surface area contributed by atoms with Crippen LogP contribution in [0.4, 0.5) is 0 Å². The number of unbranched alkanes of at least 4 members (excludes halogenated alkanes) is 19. The molecule has 0 aromatic heterocycles. The van der Waals surface area contributed by atoms with Gasteiger partial charge in [0, 0.05) is 0 Å². The summed E-state index contributed by atoms with van der Waals surface area (Å²) >= 11 is 0. The van der Waals surface area contributed by atoms with E-state index >= 15 is 0 Å². The van der Waals surface area contributed by atoms with Crippen LogP contribution in [0.5, 0.6) is 0 Å². The van der Waals surface area contributed by atoms with Crippen molar-refractivity contribution in [2.45, 2.75) is 155 Å². The maximum atomic E-state index is 11.6. The SMILES string of the molecule is C=CCOC(=O)CC(CCCCCCCCCCCCCCCC/C=C/CCCCCCC)C(=O)O. The second kappa shape index (κ2) is 28.0. The first-order valence-electron chi connectivity index (χ1n) is 15.3. The summed E-state index contributed by atoms with van der Waals surface area (Å²) in [5.74, 6) is -1.98. The van der Waals surface area contributed by atoms with Gasteiger partial charge in [-0.1, -0.05) is 141 Å². The fraction of sp³-hybridized carbons (Fsp3) is 0.812. The van der Waals surface area contributed by atoms with Gasteiger partial charge in [-0.05, 0) is 32.1 Å². The number of carboxylic acids is 1. The van der Waals surface area contributed by atoms with Crippen molar-refractivity contribution >= 4 is 11.9 Å². The highest BCUT2D eigenvalue weighted by molar-refractivity contribution is 5.78. The van der Waals surface area contributed by atoms with Gasteiger partial charge in [0.2, 0.25) is 0 Å². The van der Waals surface area contributed by atoms with Crippen molar-refractivity contribution in [1.82, 2.24) is 0 Å². The Kier molecular flexibility index (Phi) is 26.8. The lowest BCUT2D eigenvalue weighted by molar-refractivity contribution is -0.151. The first kappa shape index (κ1) is 34.4. The van der Waals surface area contributed by atoms with Gasteiger partial charge in [-0.2, -0.15) is 0 Å². The van der Waals surface area contributed by atoms with Crippen LogP contribution in [0.2, 0.25) is 0 Å². The summed E-state index contributed by atoms with van der Waals surface area (Å²) in [6, 6.07) is 0. The van der Waals surface area contributed by atoms with Gasteiger partial charge in [0.05, 0.1) is 12.3 Å². The zero-order valence-corrected chi connectivity index (χ0v) is 23.7. The second-order valence-corrected chi connectivity index (χ2v) is 10.4. The largest absolute Gasteiger partial charge is 0.481 e. The van der Waals surface area contributed by atoms with E-state index in [0.717, 1.165) is 19.3 Å². The van der Waals surface area contributed by atoms with Gasteiger partial charge in [-0.25, -0.2) is 0 Å². The molecule has 210 valence electrons. The van der Waals surface area contributed by atoms with E-state index in [9.17, 15) is 14.7 Å². The van der Waals surface area contributed by atoms with Crippen LogP contribution in [0.3, 0.4) is 0 Å². The lowest BCUT2D eigenvalue weighted by atomic mass is 9.97. The summed E-state index contributed by atoms with van der Waals surface area (Å²) in [6.45, 7) is 5.90. The fourth-order valence-electron chi connectivity index (χ4n) is 4.60. The van der Waals surface area contributed by atoms with E-state index in [1.165, 1.54) is 122 Å². The van der Waals surface area contributed by atoms with Crippen LogP contribution in [0, 0.1) is 5.92 Å². The molecule has 1 unspecified atom stereocenters. The molecule has 0 spiro atoms. The molecule has 0 aliphatic heterocycles. The van der Waals surface area contributed by atoms with Gasteiger partial charge in [0.15, 0.2) is 0 Å². The van der Waals surface area contributed by atoms with Gasteiger partial charge in [-0.15, -0.1) is 0 Å². The topological polar surface area (TPSA) is 63.6 Å². The molecule has 0 aliphatic rings. The predicted octanol–water partition coefficient (Wildman–Crippen LogP) is 9.96. The van der Waals surface area contributed by atoms with Crippen LogP contribution in [-0.2, 0) is 14.3 Å². The van der Waals surface area contributed by atoms with Gasteiger partial charge in [0.1, 0.15) is 6.61 Å². The van der Waals surface area contributed by atoms with Crippen molar-refractivity contribution in [3.8, 4) is 0 Å². The average Bonchev–Trinajstić information content (AvgIpc) is 2.87. The number of carbonyl (C=O) groups excluding carboxylic acids is 1. The molecule has 0 saturated carbocycles. The number of ether oxygens (including phenoxy) is 1. The standard InChI is InChI=1S/C32H58O4/c1-3-5-6-7-8-9-10-11-12-13-14-15-16-17-18-19-20-21-22-23-24-25-26-27-30(32(34)35)29-31(33)36-28-4-2/h4,10-11,30H,2-3,5-9,12-29H2,1H3,(H,34,35)/b11-10+. The van der Waals surface area contributed by atoms with E-state index in [2.05, 4.69) is 25.7 Å². The van der Waals surface area contributed by atoms with E-state index in [-0.39, 0.29) is 13.0 Å². The number of hydrogen-bond donors (Lipinski definition) is 1. The fourth-order valence-corrected chi connectivity index (χ4v) is 4.60. The summed E-state index contributed by atoms with van der Waals surface area (Å²) in [5.41, 5.74) is 0. The normalized spacial score (nSPS) is 12.1. The van der Waals surface area contributed by atoms with Crippen molar-refractivity contribution in [2.75, 3.05) is 6.61 Å². The summed E-state index contributed by atoms with van der Waals surface area (Å²) in [4.78, 5) is 22.9. The minimum absolute atomic E-state index is 0.0418. The molecule has 1 atom stereocenters. The molecule has 36 heavy (non-hydrogen) atoms. The van der Waals surface area contributed by atoms with Crippen LogP contribution in [-0.4, -0.2) is 23.7 Å². The molecule has 0 rings (SSSR count). The molecular weight excluding hydrogens is 448 g/mol. The Morgan fingerprint density at radius 2 is 1.11 bits per heavy atom. The minimum atomic E-state index is -0.901. The lowest BCUT2D eigenvalue weighted by Gasteiger charge is -2.11. The molecule has 0 aliphatic carbocycles. The third kappa shape index (κ3) is 25.5. The zero-order valence-electron chi connectivity index (χ0n) is 23.7. The number of hydrogen-bond acceptors (Lipinski definition) is 3. The van der Waals surface area contributed by atoms with Gasteiger partial charge < -0.3 is 9.84 Å². The maximum Gasteiger partial charge on any atom is 0.307 e. The van der Waals surface area contributed by atoms with Gasteiger partial charge in [-0.3, -0.25) is 9.59 Å². The summed E-state index contributed by atoms with van der Waals surface area (Å²) in [7, 11) is 0. The average molecular weight is 507 g/mol. The molecule has 0 fully saturated rings. The van der Waals surface area contributed by atoms with Crippen molar-refractivity contribution in [2.24, 2.45) is 5.92 Å². The molecular formula is C32H58O4. The molecule has 0 radical (unpaired) electrons. The van der Waals surface area contributed by atoms with Gasteiger partial charge >= 0.3 is 11.9 Å². The zero-order chi connectivity index (χ0) is 26.5. The van der Waals surface area contributed by atoms with Crippen molar-refractivity contribution in [3.63, 3.8) is 0 Å². The smallest absolute Gasteiger partial charge is 0.307 e. The Morgan fingerprint density at radius 1 is 0.694 bits per heavy atom. The Hall–Kier alpha value is -1.58. The number of rotatable bonds is 28. The third-order valence-electron chi connectivity index (χ3n) is 6.94. The summed E-state index contributed by atoms with van der Waals surface area (Å²) in [5, 5.41) is 9.29. The van der Waals surface area contributed by atoms with Crippen LogP contribution in [0.25, 0.3) is 0 Å². The quantitative estimate of drug-likeness (QED) is 0.0651. The molecule has 4 nitrogen and oxygen atoms in total. The number of esters is 1. The molecule has 0 bridgehead atoms. The highest BCUT2D eigenvalue weighted by Crippen LogP contribution is 2.18. The van der Waals surface area contributed by atoms with E-state index in [0.29, 0.717) is 6.42 Å². The molecule has 1 N–H and O–H groups in total. The van der Waals surface area contributed by atoms with Crippen LogP contribution < -0.4 is 0 Å². The lowest BCUT2D eigenvalue weighted by Crippen LogP contribution is -2.19. The summed E-state index contributed by atoms with van der Waals surface area (Å²) < 4.78 is 4.90. The Bertz CT molecular complexity index is 540. The first-order valence-corrected chi connectivity index (χ1v) is 15.3. The van der Waals surface area contributed by atoms with Crippen molar-refractivity contribution in [3.05, 3.63) is 24.8 Å². The van der Waals surface area contributed by atoms with Crippen molar-refractivity contribution in [1.29, 1.82) is 0 Å². The Balaban J connectivity index is 3.35. The van der Waals surface area contributed by atoms with E-state index in [1.807, 2.05) is 0 Å². The number of carboxylic acid groups (broad SMARTS) is 1. The number of aliphatic carboxylic acids is 1. The van der Waals surface area contributed by atoms with Crippen LogP contribution in [0.1, 0.15) is 155 Å². The highest BCUT2D eigenvalue weighted by Gasteiger charge is 2.21. The molecule has 0 saturated heterocycles. The summed E-state index contributed by atoms with van der Waals surface area (Å²) in [6.07, 6.45) is 34.1. The molecule has 0 heterocycles. The number of carbonyl (C=O) groups is 2. The highest BCUT2D eigenvalue weighted by atomic mass is 16.5. The molecule has 0 aromatic rings. The van der Waals surface area contributed by atoms with E-state index < -0.39 is 17.9 Å². The maximum absolute atomic E-state index is 11.6. The van der Waals surface area contributed by atoms with E-state index in [4.69, 9.17) is 4.74 Å². The minimum Gasteiger partial charge on any atom is -0.481 e. The Labute approximate surface area is 223 Å². The van der Waals surface area contributed by atoms with Crippen LogP contribution >= 0.6 is 0 Å². The molecule has 0 aromatic carbocycles. The molecule has 0 amide bonds. The first-order chi connectivity index (χ1) is 17.6. The number of allylic oxidation sites excluding steroid dienone is 2. The monoisotopic (exact) mass is 506 g/mol. The van der Waals surface area contributed by atoms with Gasteiger partial charge in [0.25, 0.3) is 0 Å². The molecule has 4 heteroatoms. The second-order valence-electron chi connectivity index (χ2n) is 10.4. The van der Waals surface area contributed by atoms with Crippen molar-refractivity contribution < 1.29 is 19.4 Å².